The third-order valence-electron chi connectivity index (χ3n) is 3.51. The maximum absolute atomic E-state index is 13.4. The summed E-state index contributed by atoms with van der Waals surface area (Å²) in [6.07, 6.45) is 0.553. The zero-order chi connectivity index (χ0) is 11.1. The topological polar surface area (TPSA) is 32.3 Å². The van der Waals surface area contributed by atoms with Gasteiger partial charge in [-0.15, -0.1) is 0 Å². The number of nitrogens with zero attached hydrogens (tertiary/aromatic N) is 1. The summed E-state index contributed by atoms with van der Waals surface area (Å²) in [5, 5.41) is 2.75. The number of halogens is 2. The van der Waals surface area contributed by atoms with Gasteiger partial charge in [-0.2, -0.15) is 0 Å². The lowest BCUT2D eigenvalue weighted by molar-refractivity contribution is -0.130. The van der Waals surface area contributed by atoms with Crippen LogP contribution in [0, 0.1) is 11.8 Å². The van der Waals surface area contributed by atoms with E-state index in [2.05, 4.69) is 5.32 Å². The number of nitrogens with one attached hydrogen (secondary N) is 1. The maximum atomic E-state index is 13.4. The first kappa shape index (κ1) is 10.8. The van der Waals surface area contributed by atoms with E-state index in [0.29, 0.717) is 13.0 Å². The van der Waals surface area contributed by atoms with Crippen molar-refractivity contribution >= 4 is 5.91 Å². The van der Waals surface area contributed by atoms with E-state index in [0.717, 1.165) is 0 Å². The van der Waals surface area contributed by atoms with Crippen LogP contribution < -0.4 is 5.32 Å². The van der Waals surface area contributed by atoms with E-state index >= 15 is 0 Å². The number of hydrogen-bond donors (Lipinski definition) is 1. The first-order chi connectivity index (χ1) is 7.04. The Morgan fingerprint density at radius 1 is 1.53 bits per heavy atom. The van der Waals surface area contributed by atoms with Crippen molar-refractivity contribution in [1.29, 1.82) is 0 Å². The van der Waals surface area contributed by atoms with Gasteiger partial charge in [-0.05, 0) is 19.4 Å². The molecule has 2 rings (SSSR count). The number of likely N-dealkylation sites (tertiary alicyclic amines) is 1. The van der Waals surface area contributed by atoms with Crippen LogP contribution in [-0.4, -0.2) is 43.4 Å². The van der Waals surface area contributed by atoms with Gasteiger partial charge in [0.15, 0.2) is 0 Å². The van der Waals surface area contributed by atoms with Gasteiger partial charge >= 0.3 is 0 Å². The van der Waals surface area contributed by atoms with Crippen molar-refractivity contribution in [2.75, 3.05) is 26.7 Å². The first-order valence-electron chi connectivity index (χ1n) is 5.35. The third kappa shape index (κ3) is 1.85. The molecule has 0 aromatic carbocycles. The molecule has 1 saturated carbocycles. The van der Waals surface area contributed by atoms with Crippen molar-refractivity contribution in [3.8, 4) is 0 Å². The molecule has 2 aliphatic rings. The highest BCUT2D eigenvalue weighted by Crippen LogP contribution is 2.48. The maximum Gasteiger partial charge on any atom is 0.252 e. The zero-order valence-electron chi connectivity index (χ0n) is 8.80. The van der Waals surface area contributed by atoms with E-state index in [1.807, 2.05) is 0 Å². The van der Waals surface area contributed by atoms with Gasteiger partial charge in [0.2, 0.25) is 5.91 Å². The molecule has 0 aromatic rings. The number of carbonyl (C=O) groups is 1. The van der Waals surface area contributed by atoms with Crippen LogP contribution >= 0.6 is 0 Å². The average Bonchev–Trinajstić information content (AvgIpc) is 2.68. The van der Waals surface area contributed by atoms with Gasteiger partial charge in [-0.25, -0.2) is 8.78 Å². The van der Waals surface area contributed by atoms with Gasteiger partial charge in [-0.1, -0.05) is 0 Å². The molecule has 0 aromatic heterocycles. The van der Waals surface area contributed by atoms with E-state index in [1.165, 1.54) is 0 Å². The molecule has 0 radical (unpaired) electrons. The summed E-state index contributed by atoms with van der Waals surface area (Å²) in [5.41, 5.74) is 0. The highest BCUT2D eigenvalue weighted by Gasteiger charge is 2.54. The van der Waals surface area contributed by atoms with Crippen LogP contribution in [0.3, 0.4) is 0 Å². The molecule has 3 nitrogen and oxygen atoms in total. The highest BCUT2D eigenvalue weighted by atomic mass is 19.3. The SMILES string of the molecule is CNCC(=O)N1C[C@@H]2CCC(F)(F)[C@H]2C1. The van der Waals surface area contributed by atoms with Crippen LogP contribution in [0.1, 0.15) is 12.8 Å². The van der Waals surface area contributed by atoms with E-state index < -0.39 is 11.8 Å². The number of amides is 1. The quantitative estimate of drug-likeness (QED) is 0.740. The summed E-state index contributed by atoms with van der Waals surface area (Å²) < 4.78 is 26.7. The van der Waals surface area contributed by atoms with Crippen LogP contribution in [0.4, 0.5) is 8.78 Å². The normalized spacial score (nSPS) is 33.1. The molecular formula is C10H16F2N2O. The van der Waals surface area contributed by atoms with Gasteiger partial charge in [0, 0.05) is 25.4 Å². The van der Waals surface area contributed by atoms with Crippen molar-refractivity contribution in [2.45, 2.75) is 18.8 Å². The Balaban J connectivity index is 1.98. The molecule has 0 spiro atoms. The molecule has 2 atom stereocenters. The van der Waals surface area contributed by atoms with E-state index in [1.54, 1.807) is 11.9 Å². The van der Waals surface area contributed by atoms with Crippen LogP contribution in [0.5, 0.6) is 0 Å². The molecule has 0 bridgehead atoms. The summed E-state index contributed by atoms with van der Waals surface area (Å²) in [4.78, 5) is 13.1. The highest BCUT2D eigenvalue weighted by molar-refractivity contribution is 5.78. The van der Waals surface area contributed by atoms with Gasteiger partial charge in [0.05, 0.1) is 6.54 Å². The van der Waals surface area contributed by atoms with E-state index in [4.69, 9.17) is 0 Å². The summed E-state index contributed by atoms with van der Waals surface area (Å²) in [6.45, 7) is 0.990. The Bertz CT molecular complexity index is 270. The Morgan fingerprint density at radius 2 is 2.27 bits per heavy atom. The Morgan fingerprint density at radius 3 is 2.87 bits per heavy atom. The molecule has 1 heterocycles. The van der Waals surface area contributed by atoms with Crippen LogP contribution in [0.2, 0.25) is 0 Å². The minimum Gasteiger partial charge on any atom is -0.341 e. The summed E-state index contributed by atoms with van der Waals surface area (Å²) in [6, 6.07) is 0. The average molecular weight is 218 g/mol. The lowest BCUT2D eigenvalue weighted by atomic mass is 9.99. The predicted molar refractivity (Wildman–Crippen MR) is 51.7 cm³/mol. The number of rotatable bonds is 2. The van der Waals surface area contributed by atoms with Crippen LogP contribution in [0.15, 0.2) is 0 Å². The standard InChI is InChI=1S/C10H16F2N2O/c1-13-4-9(15)14-5-7-2-3-10(11,12)8(7)6-14/h7-8,13H,2-6H2,1H3/t7-,8-/m0/s1. The molecule has 86 valence electrons. The minimum absolute atomic E-state index is 0.00358. The van der Waals surface area contributed by atoms with E-state index in [9.17, 15) is 13.6 Å². The van der Waals surface area contributed by atoms with Crippen LogP contribution in [-0.2, 0) is 4.79 Å². The summed E-state index contributed by atoms with van der Waals surface area (Å²) in [7, 11) is 1.68. The molecule has 1 aliphatic heterocycles. The second-order valence-corrected chi connectivity index (χ2v) is 4.50. The summed E-state index contributed by atoms with van der Waals surface area (Å²) >= 11 is 0. The lowest BCUT2D eigenvalue weighted by Crippen LogP contribution is -2.37. The number of fused-ring (bicyclic) bond motifs is 1. The second-order valence-electron chi connectivity index (χ2n) is 4.50. The molecule has 5 heteroatoms. The largest absolute Gasteiger partial charge is 0.341 e. The molecule has 15 heavy (non-hydrogen) atoms. The van der Waals surface area contributed by atoms with Crippen molar-refractivity contribution in [2.24, 2.45) is 11.8 Å². The molecule has 1 amide bonds. The number of hydrogen-bond acceptors (Lipinski definition) is 2. The van der Waals surface area contributed by atoms with Crippen molar-refractivity contribution < 1.29 is 13.6 Å². The fourth-order valence-corrected chi connectivity index (χ4v) is 2.67. The molecule has 1 aliphatic carbocycles. The minimum atomic E-state index is -2.56. The fraction of sp³-hybridized carbons (Fsp3) is 0.900. The fourth-order valence-electron chi connectivity index (χ4n) is 2.67. The molecule has 1 saturated heterocycles. The van der Waals surface area contributed by atoms with Gasteiger partial charge in [0.25, 0.3) is 5.92 Å². The Kier molecular flexibility index (Phi) is 2.66. The number of carbonyl (C=O) groups excluding carboxylic acids is 1. The molecule has 0 unspecified atom stereocenters. The molecular weight excluding hydrogens is 202 g/mol. The Hall–Kier alpha value is -0.710. The molecule has 2 fully saturated rings. The van der Waals surface area contributed by atoms with Gasteiger partial charge in [0.1, 0.15) is 0 Å². The lowest BCUT2D eigenvalue weighted by Gasteiger charge is -2.20. The predicted octanol–water partition coefficient (Wildman–Crippen LogP) is 0.709. The van der Waals surface area contributed by atoms with E-state index in [-0.39, 0.29) is 31.3 Å². The van der Waals surface area contributed by atoms with Crippen molar-refractivity contribution in [3.05, 3.63) is 0 Å². The van der Waals surface area contributed by atoms with Crippen molar-refractivity contribution in [3.63, 3.8) is 0 Å². The van der Waals surface area contributed by atoms with Crippen LogP contribution in [0.25, 0.3) is 0 Å². The monoisotopic (exact) mass is 218 g/mol. The smallest absolute Gasteiger partial charge is 0.252 e. The Labute approximate surface area is 87.8 Å². The summed E-state index contributed by atoms with van der Waals surface area (Å²) in [5.74, 6) is -3.21. The second kappa shape index (κ2) is 3.70. The molecule has 1 N–H and O–H groups in total. The third-order valence-corrected chi connectivity index (χ3v) is 3.51. The van der Waals surface area contributed by atoms with Crippen molar-refractivity contribution in [1.82, 2.24) is 10.2 Å². The first-order valence-corrected chi connectivity index (χ1v) is 5.35. The van der Waals surface area contributed by atoms with Gasteiger partial charge in [-0.3, -0.25) is 4.79 Å². The zero-order valence-corrected chi connectivity index (χ0v) is 8.80. The number of alkyl halides is 2. The number of likely N-dealkylation sites (N-methyl/N-ethyl adjacent to an activating group) is 1. The van der Waals surface area contributed by atoms with Gasteiger partial charge < -0.3 is 10.2 Å².